The second-order valence-corrected chi connectivity index (χ2v) is 5.12. The maximum absolute atomic E-state index is 11.9. The molecule has 0 saturated heterocycles. The Morgan fingerprint density at radius 2 is 1.96 bits per heavy atom. The molecule has 1 aromatic heterocycles. The smallest absolute Gasteiger partial charge is 0.249 e. The summed E-state index contributed by atoms with van der Waals surface area (Å²) in [5.74, 6) is 1.13. The third-order valence-electron chi connectivity index (χ3n) is 3.13. The van der Waals surface area contributed by atoms with Gasteiger partial charge in [-0.05, 0) is 42.8 Å². The summed E-state index contributed by atoms with van der Waals surface area (Å²) in [6.07, 6.45) is 4.95. The molecule has 0 aliphatic heterocycles. The van der Waals surface area contributed by atoms with Crippen LogP contribution in [0.5, 0.6) is 5.75 Å². The molecular weight excluding hydrogens is 290 g/mol. The van der Waals surface area contributed by atoms with Crippen LogP contribution < -0.4 is 15.0 Å². The summed E-state index contributed by atoms with van der Waals surface area (Å²) in [6, 6.07) is 11.2. The first-order valence-electron chi connectivity index (χ1n) is 7.44. The van der Waals surface area contributed by atoms with E-state index >= 15 is 0 Å². The number of benzene rings is 1. The fourth-order valence-corrected chi connectivity index (χ4v) is 1.91. The van der Waals surface area contributed by atoms with Crippen LogP contribution in [0.25, 0.3) is 6.08 Å². The van der Waals surface area contributed by atoms with Crippen LogP contribution in [0.1, 0.15) is 12.5 Å². The van der Waals surface area contributed by atoms with Gasteiger partial charge in [0.05, 0.1) is 18.5 Å². The molecule has 1 amide bonds. The lowest BCUT2D eigenvalue weighted by molar-refractivity contribution is -0.111. The Hall–Kier alpha value is -2.82. The number of anilines is 2. The molecule has 0 radical (unpaired) electrons. The highest BCUT2D eigenvalue weighted by Crippen LogP contribution is 2.14. The standard InChI is InChI=1S/C18H21N3O2/c1-4-23-16-9-5-14(6-10-16)7-12-18(22)20-17-11-8-15(13-19-17)21(2)3/h5-13H,4H2,1-3H3,(H,19,20,22)/b12-7+. The number of hydrogen-bond donors (Lipinski definition) is 1. The quantitative estimate of drug-likeness (QED) is 0.832. The summed E-state index contributed by atoms with van der Waals surface area (Å²) >= 11 is 0. The van der Waals surface area contributed by atoms with Crippen molar-refractivity contribution in [1.82, 2.24) is 4.98 Å². The largest absolute Gasteiger partial charge is 0.494 e. The van der Waals surface area contributed by atoms with E-state index in [4.69, 9.17) is 4.74 Å². The molecule has 120 valence electrons. The van der Waals surface area contributed by atoms with E-state index in [1.165, 1.54) is 6.08 Å². The minimum Gasteiger partial charge on any atom is -0.494 e. The zero-order chi connectivity index (χ0) is 16.7. The van der Waals surface area contributed by atoms with Crippen molar-refractivity contribution < 1.29 is 9.53 Å². The van der Waals surface area contributed by atoms with Gasteiger partial charge < -0.3 is 15.0 Å². The van der Waals surface area contributed by atoms with E-state index in [1.807, 2.05) is 56.3 Å². The predicted octanol–water partition coefficient (Wildman–Crippen LogP) is 3.20. The molecule has 0 aliphatic carbocycles. The maximum atomic E-state index is 11.9. The molecule has 1 heterocycles. The van der Waals surface area contributed by atoms with Crippen molar-refractivity contribution in [3.05, 3.63) is 54.2 Å². The molecule has 1 aromatic carbocycles. The summed E-state index contributed by atoms with van der Waals surface area (Å²) in [5.41, 5.74) is 1.91. The fourth-order valence-electron chi connectivity index (χ4n) is 1.91. The van der Waals surface area contributed by atoms with Gasteiger partial charge in [-0.25, -0.2) is 4.98 Å². The van der Waals surface area contributed by atoms with E-state index in [1.54, 1.807) is 18.3 Å². The monoisotopic (exact) mass is 311 g/mol. The van der Waals surface area contributed by atoms with Crippen molar-refractivity contribution in [1.29, 1.82) is 0 Å². The lowest BCUT2D eigenvalue weighted by Crippen LogP contribution is -2.11. The SMILES string of the molecule is CCOc1ccc(/C=C/C(=O)Nc2ccc(N(C)C)cn2)cc1. The zero-order valence-electron chi connectivity index (χ0n) is 13.6. The summed E-state index contributed by atoms with van der Waals surface area (Å²) < 4.78 is 5.38. The summed E-state index contributed by atoms with van der Waals surface area (Å²) in [4.78, 5) is 18.1. The topological polar surface area (TPSA) is 54.5 Å². The van der Waals surface area contributed by atoms with Crippen molar-refractivity contribution in [3.8, 4) is 5.75 Å². The number of pyridine rings is 1. The van der Waals surface area contributed by atoms with Gasteiger partial charge in [-0.3, -0.25) is 4.79 Å². The van der Waals surface area contributed by atoms with Crippen molar-refractivity contribution in [2.45, 2.75) is 6.92 Å². The van der Waals surface area contributed by atoms with Crippen LogP contribution in [-0.4, -0.2) is 31.6 Å². The summed E-state index contributed by atoms with van der Waals surface area (Å²) in [6.45, 7) is 2.58. The van der Waals surface area contributed by atoms with Crippen LogP contribution >= 0.6 is 0 Å². The Kier molecular flexibility index (Phi) is 5.74. The fraction of sp³-hybridized carbons (Fsp3) is 0.222. The molecule has 1 N–H and O–H groups in total. The number of rotatable bonds is 6. The zero-order valence-corrected chi connectivity index (χ0v) is 13.6. The number of nitrogens with zero attached hydrogens (tertiary/aromatic N) is 2. The number of carbonyl (C=O) groups excluding carboxylic acids is 1. The molecule has 2 aromatic rings. The minimum atomic E-state index is -0.219. The highest BCUT2D eigenvalue weighted by atomic mass is 16.5. The minimum absolute atomic E-state index is 0.219. The predicted molar refractivity (Wildman–Crippen MR) is 93.8 cm³/mol. The third-order valence-corrected chi connectivity index (χ3v) is 3.13. The Balaban J connectivity index is 1.93. The molecule has 0 aliphatic rings. The van der Waals surface area contributed by atoms with E-state index in [9.17, 15) is 4.79 Å². The first-order valence-corrected chi connectivity index (χ1v) is 7.44. The summed E-state index contributed by atoms with van der Waals surface area (Å²) in [5, 5.41) is 2.73. The highest BCUT2D eigenvalue weighted by Gasteiger charge is 2.01. The number of aromatic nitrogens is 1. The maximum Gasteiger partial charge on any atom is 0.249 e. The van der Waals surface area contributed by atoms with Crippen LogP contribution in [0.3, 0.4) is 0 Å². The van der Waals surface area contributed by atoms with Crippen LogP contribution in [0.4, 0.5) is 11.5 Å². The molecule has 2 rings (SSSR count). The van der Waals surface area contributed by atoms with Crippen LogP contribution in [-0.2, 0) is 4.79 Å². The van der Waals surface area contributed by atoms with Crippen LogP contribution in [0.2, 0.25) is 0 Å². The average Bonchev–Trinajstić information content (AvgIpc) is 2.55. The van der Waals surface area contributed by atoms with E-state index in [2.05, 4.69) is 10.3 Å². The molecular formula is C18H21N3O2. The molecule has 0 bridgehead atoms. The molecule has 0 spiro atoms. The normalized spacial score (nSPS) is 10.6. The summed E-state index contributed by atoms with van der Waals surface area (Å²) in [7, 11) is 3.88. The highest BCUT2D eigenvalue weighted by molar-refractivity contribution is 6.01. The van der Waals surface area contributed by atoms with Gasteiger partial charge in [0.25, 0.3) is 0 Å². The van der Waals surface area contributed by atoms with E-state index in [0.29, 0.717) is 12.4 Å². The molecule has 0 unspecified atom stereocenters. The van der Waals surface area contributed by atoms with Gasteiger partial charge in [0.15, 0.2) is 0 Å². The molecule has 23 heavy (non-hydrogen) atoms. The Labute approximate surface area is 136 Å². The Morgan fingerprint density at radius 1 is 1.22 bits per heavy atom. The Morgan fingerprint density at radius 3 is 2.52 bits per heavy atom. The Bertz CT molecular complexity index is 662. The van der Waals surface area contributed by atoms with Gasteiger partial charge in [0, 0.05) is 20.2 Å². The number of ether oxygens (including phenoxy) is 1. The van der Waals surface area contributed by atoms with Crippen molar-refractivity contribution in [2.24, 2.45) is 0 Å². The second-order valence-electron chi connectivity index (χ2n) is 5.12. The number of nitrogens with one attached hydrogen (secondary N) is 1. The number of hydrogen-bond acceptors (Lipinski definition) is 4. The molecule has 5 nitrogen and oxygen atoms in total. The third kappa shape index (κ3) is 5.14. The molecule has 0 atom stereocenters. The molecule has 0 fully saturated rings. The van der Waals surface area contributed by atoms with Gasteiger partial charge in [0.2, 0.25) is 5.91 Å². The molecule has 0 saturated carbocycles. The van der Waals surface area contributed by atoms with Crippen molar-refractivity contribution in [3.63, 3.8) is 0 Å². The lowest BCUT2D eigenvalue weighted by Gasteiger charge is -2.11. The van der Waals surface area contributed by atoms with E-state index in [0.717, 1.165) is 17.0 Å². The van der Waals surface area contributed by atoms with Crippen molar-refractivity contribution in [2.75, 3.05) is 30.9 Å². The van der Waals surface area contributed by atoms with Gasteiger partial charge >= 0.3 is 0 Å². The van der Waals surface area contributed by atoms with Crippen molar-refractivity contribution >= 4 is 23.5 Å². The van der Waals surface area contributed by atoms with E-state index in [-0.39, 0.29) is 5.91 Å². The molecule has 5 heteroatoms. The van der Waals surface area contributed by atoms with Gasteiger partial charge in [-0.2, -0.15) is 0 Å². The van der Waals surface area contributed by atoms with Gasteiger partial charge in [-0.15, -0.1) is 0 Å². The van der Waals surface area contributed by atoms with E-state index < -0.39 is 0 Å². The number of carbonyl (C=O) groups is 1. The second kappa shape index (κ2) is 7.98. The number of amides is 1. The lowest BCUT2D eigenvalue weighted by atomic mass is 10.2. The first kappa shape index (κ1) is 16.5. The van der Waals surface area contributed by atoms with Crippen LogP contribution in [0.15, 0.2) is 48.7 Å². The van der Waals surface area contributed by atoms with Gasteiger partial charge in [0.1, 0.15) is 11.6 Å². The first-order chi connectivity index (χ1) is 11.1. The van der Waals surface area contributed by atoms with Crippen LogP contribution in [0, 0.1) is 0 Å². The average molecular weight is 311 g/mol. The van der Waals surface area contributed by atoms with Gasteiger partial charge in [-0.1, -0.05) is 12.1 Å².